The number of benzene rings is 2. The maximum atomic E-state index is 13.7. The normalized spacial score (nSPS) is 12.2. The third kappa shape index (κ3) is 5.99. The molecule has 1 N–H and O–H groups in total. The van der Waals surface area contributed by atoms with Gasteiger partial charge in [0, 0.05) is 17.8 Å². The Labute approximate surface area is 202 Å². The van der Waals surface area contributed by atoms with Crippen molar-refractivity contribution in [1.82, 2.24) is 0 Å². The van der Waals surface area contributed by atoms with Crippen LogP contribution in [0.5, 0.6) is 5.75 Å². The molecule has 4 nitrogen and oxygen atoms in total. The van der Waals surface area contributed by atoms with E-state index in [1.165, 1.54) is 5.56 Å². The number of nitrogens with zero attached hydrogens (tertiary/aromatic N) is 1. The monoisotopic (exact) mass is 460 g/mol. The third-order valence-electron chi connectivity index (χ3n) is 5.58. The zero-order valence-corrected chi connectivity index (χ0v) is 21.0. The van der Waals surface area contributed by atoms with Crippen LogP contribution in [-0.2, 0) is 5.41 Å². The van der Waals surface area contributed by atoms with Gasteiger partial charge >= 0.3 is 0 Å². The van der Waals surface area contributed by atoms with Crippen LogP contribution in [-0.4, -0.2) is 11.6 Å². The predicted octanol–water partition coefficient (Wildman–Crippen LogP) is 5.41. The van der Waals surface area contributed by atoms with Crippen molar-refractivity contribution in [3.8, 4) is 5.75 Å². The fourth-order valence-electron chi connectivity index (χ4n) is 3.42. The molecule has 3 aromatic rings. The van der Waals surface area contributed by atoms with Gasteiger partial charge in [-0.15, -0.1) is 0 Å². The first-order valence-corrected chi connectivity index (χ1v) is 11.6. The van der Waals surface area contributed by atoms with Crippen LogP contribution < -0.4 is 19.7 Å². The van der Waals surface area contributed by atoms with Crippen LogP contribution in [0.1, 0.15) is 49.9 Å². The van der Waals surface area contributed by atoms with Gasteiger partial charge in [-0.3, -0.25) is 0 Å². The van der Waals surface area contributed by atoms with E-state index in [2.05, 4.69) is 26.1 Å². The van der Waals surface area contributed by atoms with Crippen molar-refractivity contribution in [3.05, 3.63) is 89.2 Å². The molecule has 0 fully saturated rings. The summed E-state index contributed by atoms with van der Waals surface area (Å²) in [7, 11) is 0. The highest BCUT2D eigenvalue weighted by atomic mass is 32.1. The molecular formula is C28H32N2O2S. The lowest BCUT2D eigenvalue weighted by Gasteiger charge is -2.20. The molecule has 0 spiro atoms. The molecular weight excluding hydrogens is 428 g/mol. The zero-order chi connectivity index (χ0) is 24.2. The van der Waals surface area contributed by atoms with Crippen molar-refractivity contribution < 1.29 is 14.4 Å². The summed E-state index contributed by atoms with van der Waals surface area (Å²) in [4.78, 5) is 0.357. The molecule has 5 heteroatoms. The number of anilines is 1. The van der Waals surface area contributed by atoms with Crippen LogP contribution in [0, 0.1) is 13.8 Å². The number of nitrogens with one attached hydrogen (secondary N) is 1. The average molecular weight is 461 g/mol. The van der Waals surface area contributed by atoms with Crippen LogP contribution in [0.3, 0.4) is 0 Å². The maximum Gasteiger partial charge on any atom is 0.238 e. The van der Waals surface area contributed by atoms with Gasteiger partial charge in [0.15, 0.2) is 17.4 Å². The molecule has 172 valence electrons. The average Bonchev–Trinajstić information content (AvgIpc) is 2.77. The van der Waals surface area contributed by atoms with Gasteiger partial charge < -0.3 is 15.2 Å². The minimum Gasteiger partial charge on any atom is -0.867 e. The Bertz CT molecular complexity index is 1160. The van der Waals surface area contributed by atoms with E-state index in [9.17, 15) is 5.11 Å². The molecule has 0 aliphatic carbocycles. The van der Waals surface area contributed by atoms with E-state index in [0.29, 0.717) is 22.9 Å². The Morgan fingerprint density at radius 1 is 0.970 bits per heavy atom. The van der Waals surface area contributed by atoms with E-state index < -0.39 is 0 Å². The molecule has 0 amide bonds. The fraction of sp³-hybridized carbons (Fsp3) is 0.286. The molecule has 0 saturated carbocycles. The lowest BCUT2D eigenvalue weighted by Crippen LogP contribution is -2.40. The molecule has 2 aromatic carbocycles. The molecule has 0 atom stereocenters. The summed E-state index contributed by atoms with van der Waals surface area (Å²) in [5, 5.41) is 16.9. The number of thiocarbonyl (C=S) groups is 1. The van der Waals surface area contributed by atoms with Crippen LogP contribution >= 0.6 is 12.2 Å². The first kappa shape index (κ1) is 24.5. The van der Waals surface area contributed by atoms with Crippen molar-refractivity contribution >= 4 is 34.3 Å². The molecule has 0 bridgehead atoms. The minimum atomic E-state index is -0.130. The summed E-state index contributed by atoms with van der Waals surface area (Å²) in [6.07, 6.45) is 3.81. The summed E-state index contributed by atoms with van der Waals surface area (Å²) < 4.78 is 7.32. The lowest BCUT2D eigenvalue weighted by molar-refractivity contribution is -0.577. The van der Waals surface area contributed by atoms with Gasteiger partial charge in [0.1, 0.15) is 5.75 Å². The second-order valence-electron chi connectivity index (χ2n) is 9.13. The minimum absolute atomic E-state index is 0.0123. The first-order chi connectivity index (χ1) is 15.6. The van der Waals surface area contributed by atoms with E-state index in [1.54, 1.807) is 4.57 Å². The lowest BCUT2D eigenvalue weighted by atomic mass is 9.88. The molecule has 3 rings (SSSR count). The van der Waals surface area contributed by atoms with E-state index in [1.807, 2.05) is 87.8 Å². The standard InChI is InChI=1S/C28H32N2O2S/c1-7-32-24-12-10-23(11-13-24)29-27(33)25(26(31)21-9-8-19(2)20(3)18-21)30-16-14-22(15-17-30)28(4,5)6/h8-18H,7H2,1-6H3,(H-,29,31,33). The number of ether oxygens (including phenoxy) is 1. The Balaban J connectivity index is 2.04. The smallest absolute Gasteiger partial charge is 0.238 e. The SMILES string of the molecule is CCOc1ccc(NC(=S)C(=C([O-])c2ccc(C)c(C)c2)[n+]2ccc(C(C)(C)C)cc2)cc1. The molecule has 0 saturated heterocycles. The highest BCUT2D eigenvalue weighted by Crippen LogP contribution is 2.23. The Kier molecular flexibility index (Phi) is 7.54. The van der Waals surface area contributed by atoms with Gasteiger partial charge in [-0.2, -0.15) is 4.57 Å². The molecule has 0 unspecified atom stereocenters. The van der Waals surface area contributed by atoms with Crippen molar-refractivity contribution in [2.75, 3.05) is 11.9 Å². The van der Waals surface area contributed by atoms with Gasteiger partial charge in [-0.25, -0.2) is 0 Å². The molecule has 1 aromatic heterocycles. The molecule has 33 heavy (non-hydrogen) atoms. The van der Waals surface area contributed by atoms with E-state index in [4.69, 9.17) is 17.0 Å². The number of hydrogen-bond donors (Lipinski definition) is 1. The highest BCUT2D eigenvalue weighted by Gasteiger charge is 2.21. The van der Waals surface area contributed by atoms with Crippen LogP contribution in [0.4, 0.5) is 5.69 Å². The second kappa shape index (κ2) is 10.2. The highest BCUT2D eigenvalue weighted by molar-refractivity contribution is 7.81. The van der Waals surface area contributed by atoms with Crippen molar-refractivity contribution in [2.45, 2.75) is 47.0 Å². The number of rotatable bonds is 6. The largest absolute Gasteiger partial charge is 0.867 e. The van der Waals surface area contributed by atoms with Gasteiger partial charge in [0.2, 0.25) is 5.70 Å². The number of aromatic nitrogens is 1. The number of aryl methyl sites for hydroxylation is 2. The van der Waals surface area contributed by atoms with E-state index >= 15 is 0 Å². The molecule has 1 heterocycles. The van der Waals surface area contributed by atoms with Crippen molar-refractivity contribution in [2.24, 2.45) is 0 Å². The van der Waals surface area contributed by atoms with Gasteiger partial charge in [-0.1, -0.05) is 51.2 Å². The van der Waals surface area contributed by atoms with Gasteiger partial charge in [0.05, 0.1) is 6.61 Å². The summed E-state index contributed by atoms with van der Waals surface area (Å²) in [5.41, 5.74) is 5.21. The Morgan fingerprint density at radius 3 is 2.15 bits per heavy atom. The van der Waals surface area contributed by atoms with E-state index in [-0.39, 0.29) is 11.2 Å². The summed E-state index contributed by atoms with van der Waals surface area (Å²) in [5.74, 6) is 0.659. The van der Waals surface area contributed by atoms with Crippen LogP contribution in [0.25, 0.3) is 11.5 Å². The van der Waals surface area contributed by atoms with E-state index in [0.717, 1.165) is 22.6 Å². The molecule has 0 aliphatic rings. The summed E-state index contributed by atoms with van der Waals surface area (Å²) >= 11 is 5.74. The Morgan fingerprint density at radius 2 is 1.61 bits per heavy atom. The second-order valence-corrected chi connectivity index (χ2v) is 9.54. The third-order valence-corrected chi connectivity index (χ3v) is 5.87. The van der Waals surface area contributed by atoms with Crippen LogP contribution in [0.2, 0.25) is 0 Å². The van der Waals surface area contributed by atoms with Gasteiger partial charge in [0.25, 0.3) is 0 Å². The zero-order valence-electron chi connectivity index (χ0n) is 20.2. The van der Waals surface area contributed by atoms with Crippen molar-refractivity contribution in [1.29, 1.82) is 0 Å². The summed E-state index contributed by atoms with van der Waals surface area (Å²) in [6, 6.07) is 17.4. The maximum absolute atomic E-state index is 13.7. The van der Waals surface area contributed by atoms with Crippen LogP contribution in [0.15, 0.2) is 67.0 Å². The summed E-state index contributed by atoms with van der Waals surface area (Å²) in [6.45, 7) is 13.1. The fourth-order valence-corrected chi connectivity index (χ4v) is 3.74. The quantitative estimate of drug-likeness (QED) is 0.231. The predicted molar refractivity (Wildman–Crippen MR) is 138 cm³/mol. The van der Waals surface area contributed by atoms with Gasteiger partial charge in [-0.05, 0) is 78.5 Å². The topological polar surface area (TPSA) is 48.2 Å². The molecule has 0 aliphatic heterocycles. The number of pyridine rings is 1. The number of hydrogen-bond acceptors (Lipinski definition) is 3. The Hall–Kier alpha value is -3.18. The first-order valence-electron chi connectivity index (χ1n) is 11.2. The molecule has 0 radical (unpaired) electrons. The van der Waals surface area contributed by atoms with Crippen molar-refractivity contribution in [3.63, 3.8) is 0 Å².